The van der Waals surface area contributed by atoms with Crippen LogP contribution < -0.4 is 9.47 Å². The molecule has 2 aromatic rings. The highest BCUT2D eigenvalue weighted by atomic mass is 35.5. The van der Waals surface area contributed by atoms with Gasteiger partial charge >= 0.3 is 18.1 Å². The number of fused-ring (bicyclic) bond motifs is 1. The molecule has 3 rings (SSSR count). The van der Waals surface area contributed by atoms with Gasteiger partial charge in [-0.1, -0.05) is 17.7 Å². The highest BCUT2D eigenvalue weighted by Crippen LogP contribution is 2.43. The molecule has 0 unspecified atom stereocenters. The molecule has 28 heavy (non-hydrogen) atoms. The van der Waals surface area contributed by atoms with Crippen LogP contribution in [0.25, 0.3) is 0 Å². The SMILES string of the molecule is O=C(O)c1cccc(Oc2cc3c(cc2Cl)C[C@@H](C(=O)O)[C@@H](C(F)(F)F)O3)c1. The van der Waals surface area contributed by atoms with E-state index in [1.807, 2.05) is 0 Å². The van der Waals surface area contributed by atoms with Gasteiger partial charge in [-0.2, -0.15) is 13.2 Å². The first kappa shape index (κ1) is 19.8. The largest absolute Gasteiger partial charge is 0.481 e. The minimum absolute atomic E-state index is 0.0117. The number of carboxylic acid groups (broad SMARTS) is 2. The van der Waals surface area contributed by atoms with Crippen molar-refractivity contribution >= 4 is 23.5 Å². The second-order valence-corrected chi connectivity index (χ2v) is 6.46. The van der Waals surface area contributed by atoms with Crippen molar-refractivity contribution in [3.05, 3.63) is 52.5 Å². The maximum absolute atomic E-state index is 13.2. The van der Waals surface area contributed by atoms with E-state index in [9.17, 15) is 22.8 Å². The fourth-order valence-corrected chi connectivity index (χ4v) is 3.04. The summed E-state index contributed by atoms with van der Waals surface area (Å²) in [6, 6.07) is 7.84. The van der Waals surface area contributed by atoms with Crippen LogP contribution in [-0.4, -0.2) is 34.4 Å². The molecular weight excluding hydrogens is 405 g/mol. The van der Waals surface area contributed by atoms with Crippen LogP contribution in [0.2, 0.25) is 5.02 Å². The fraction of sp³-hybridized carbons (Fsp3) is 0.222. The molecule has 0 amide bonds. The zero-order valence-electron chi connectivity index (χ0n) is 13.9. The third-order valence-corrected chi connectivity index (χ3v) is 4.42. The van der Waals surface area contributed by atoms with Crippen molar-refractivity contribution in [3.8, 4) is 17.2 Å². The molecule has 2 N–H and O–H groups in total. The molecule has 10 heteroatoms. The van der Waals surface area contributed by atoms with Crippen molar-refractivity contribution in [2.75, 3.05) is 0 Å². The van der Waals surface area contributed by atoms with Gasteiger partial charge in [-0.15, -0.1) is 0 Å². The lowest BCUT2D eigenvalue weighted by Crippen LogP contribution is -2.47. The third kappa shape index (κ3) is 3.99. The molecule has 6 nitrogen and oxygen atoms in total. The molecule has 2 atom stereocenters. The minimum Gasteiger partial charge on any atom is -0.481 e. The molecule has 1 aliphatic heterocycles. The van der Waals surface area contributed by atoms with E-state index in [4.69, 9.17) is 31.3 Å². The number of hydrogen-bond donors (Lipinski definition) is 2. The van der Waals surface area contributed by atoms with Gasteiger partial charge in [-0.3, -0.25) is 4.79 Å². The number of benzene rings is 2. The van der Waals surface area contributed by atoms with E-state index in [-0.39, 0.29) is 33.4 Å². The van der Waals surface area contributed by atoms with Crippen LogP contribution in [0.3, 0.4) is 0 Å². The Kier molecular flexibility index (Phi) is 5.12. The lowest BCUT2D eigenvalue weighted by Gasteiger charge is -2.32. The van der Waals surface area contributed by atoms with E-state index in [0.717, 1.165) is 6.07 Å². The fourth-order valence-electron chi connectivity index (χ4n) is 2.82. The van der Waals surface area contributed by atoms with Gasteiger partial charge in [0.15, 0.2) is 0 Å². The molecule has 0 saturated heterocycles. The lowest BCUT2D eigenvalue weighted by atomic mass is 9.90. The quantitative estimate of drug-likeness (QED) is 0.767. The van der Waals surface area contributed by atoms with Crippen LogP contribution in [0.4, 0.5) is 13.2 Å². The number of halogens is 4. The zero-order chi connectivity index (χ0) is 20.6. The van der Waals surface area contributed by atoms with E-state index in [2.05, 4.69) is 0 Å². The van der Waals surface area contributed by atoms with E-state index in [1.54, 1.807) is 0 Å². The van der Waals surface area contributed by atoms with Gasteiger partial charge < -0.3 is 19.7 Å². The Balaban J connectivity index is 1.95. The average Bonchev–Trinajstić information content (AvgIpc) is 2.60. The van der Waals surface area contributed by atoms with Gasteiger partial charge in [0, 0.05) is 6.07 Å². The summed E-state index contributed by atoms with van der Waals surface area (Å²) in [7, 11) is 0. The second kappa shape index (κ2) is 7.23. The van der Waals surface area contributed by atoms with Crippen molar-refractivity contribution in [1.29, 1.82) is 0 Å². The predicted molar refractivity (Wildman–Crippen MR) is 90.2 cm³/mol. The maximum Gasteiger partial charge on any atom is 0.426 e. The number of alkyl halides is 3. The minimum atomic E-state index is -4.88. The van der Waals surface area contributed by atoms with Gasteiger partial charge in [0.1, 0.15) is 23.2 Å². The summed E-state index contributed by atoms with van der Waals surface area (Å²) in [6.45, 7) is 0. The number of rotatable bonds is 4. The summed E-state index contributed by atoms with van der Waals surface area (Å²) >= 11 is 6.10. The second-order valence-electron chi connectivity index (χ2n) is 6.05. The van der Waals surface area contributed by atoms with Gasteiger partial charge in [0.2, 0.25) is 6.10 Å². The number of ether oxygens (including phenoxy) is 2. The molecule has 0 spiro atoms. The van der Waals surface area contributed by atoms with E-state index < -0.39 is 36.6 Å². The van der Waals surface area contributed by atoms with Crippen LogP contribution in [0.1, 0.15) is 15.9 Å². The topological polar surface area (TPSA) is 93.1 Å². The van der Waals surface area contributed by atoms with Gasteiger partial charge in [-0.05, 0) is 36.2 Å². The van der Waals surface area contributed by atoms with E-state index in [1.165, 1.54) is 30.3 Å². The normalized spacial score (nSPS) is 18.7. The van der Waals surface area contributed by atoms with E-state index >= 15 is 0 Å². The maximum atomic E-state index is 13.2. The summed E-state index contributed by atoms with van der Waals surface area (Å²) in [4.78, 5) is 22.2. The van der Waals surface area contributed by atoms with Gasteiger partial charge in [-0.25, -0.2) is 4.79 Å². The molecular formula is C18H12ClF3O6. The molecule has 0 aromatic heterocycles. The standard InChI is InChI=1S/C18H12ClF3O6/c19-12-6-9-5-11(17(25)26)15(18(20,21)22)28-13(9)7-14(12)27-10-3-1-2-8(4-10)16(23)24/h1-4,6-7,11,15H,5H2,(H,23,24)(H,25,26)/t11-,15+/m1/s1. The summed E-state index contributed by atoms with van der Waals surface area (Å²) in [6.07, 6.45) is -7.80. The van der Waals surface area contributed by atoms with E-state index in [0.29, 0.717) is 0 Å². The first-order chi connectivity index (χ1) is 13.1. The summed E-state index contributed by atoms with van der Waals surface area (Å²) in [5, 5.41) is 18.1. The Morgan fingerprint density at radius 1 is 1.18 bits per heavy atom. The number of hydrogen-bond acceptors (Lipinski definition) is 4. The van der Waals surface area contributed by atoms with Crippen LogP contribution in [-0.2, 0) is 11.2 Å². The zero-order valence-corrected chi connectivity index (χ0v) is 14.6. The third-order valence-electron chi connectivity index (χ3n) is 4.12. The monoisotopic (exact) mass is 416 g/mol. The van der Waals surface area contributed by atoms with Crippen molar-refractivity contribution < 1.29 is 42.4 Å². The number of carboxylic acids is 2. The molecule has 0 bridgehead atoms. The van der Waals surface area contributed by atoms with Crippen molar-refractivity contribution in [1.82, 2.24) is 0 Å². The Morgan fingerprint density at radius 2 is 1.89 bits per heavy atom. The first-order valence-electron chi connectivity index (χ1n) is 7.86. The van der Waals surface area contributed by atoms with Crippen LogP contribution in [0, 0.1) is 5.92 Å². The molecule has 148 valence electrons. The smallest absolute Gasteiger partial charge is 0.426 e. The van der Waals surface area contributed by atoms with Crippen LogP contribution in [0.15, 0.2) is 36.4 Å². The summed E-state index contributed by atoms with van der Waals surface area (Å²) in [5.41, 5.74) is 0.147. The lowest BCUT2D eigenvalue weighted by molar-refractivity contribution is -0.217. The van der Waals surface area contributed by atoms with Gasteiger partial charge in [0.05, 0.1) is 10.6 Å². The molecule has 0 aliphatic carbocycles. The summed E-state index contributed by atoms with van der Waals surface area (Å²) in [5.74, 6) is -4.77. The molecule has 0 fully saturated rings. The first-order valence-corrected chi connectivity index (χ1v) is 8.24. The summed E-state index contributed by atoms with van der Waals surface area (Å²) < 4.78 is 50.0. The molecule has 0 radical (unpaired) electrons. The Labute approximate surface area is 161 Å². The molecule has 0 saturated carbocycles. The van der Waals surface area contributed by atoms with Crippen LogP contribution in [0.5, 0.6) is 17.2 Å². The highest BCUT2D eigenvalue weighted by molar-refractivity contribution is 6.32. The van der Waals surface area contributed by atoms with Gasteiger partial charge in [0.25, 0.3) is 0 Å². The van der Waals surface area contributed by atoms with Crippen molar-refractivity contribution in [2.45, 2.75) is 18.7 Å². The highest BCUT2D eigenvalue weighted by Gasteiger charge is 2.52. The molecule has 2 aromatic carbocycles. The molecule has 1 aliphatic rings. The van der Waals surface area contributed by atoms with Crippen molar-refractivity contribution in [3.63, 3.8) is 0 Å². The molecule has 1 heterocycles. The Morgan fingerprint density at radius 3 is 2.50 bits per heavy atom. The Bertz CT molecular complexity index is 943. The average molecular weight is 417 g/mol. The Hall–Kier alpha value is -2.94. The number of carbonyl (C=O) groups is 2. The number of aromatic carboxylic acids is 1. The van der Waals surface area contributed by atoms with Crippen LogP contribution >= 0.6 is 11.6 Å². The van der Waals surface area contributed by atoms with Crippen molar-refractivity contribution in [2.24, 2.45) is 5.92 Å². The predicted octanol–water partition coefficient (Wildman–Crippen LogP) is 4.40. The number of aliphatic carboxylic acids is 1.